The zero-order chi connectivity index (χ0) is 17.6. The third-order valence-corrected chi connectivity index (χ3v) is 4.10. The van der Waals surface area contributed by atoms with Crippen molar-refractivity contribution in [3.63, 3.8) is 0 Å². The Balaban J connectivity index is 1.51. The smallest absolute Gasteiger partial charge is 0.260 e. The molecule has 1 amide bonds. The highest BCUT2D eigenvalue weighted by atomic mass is 16.6. The molecule has 25 heavy (non-hydrogen) atoms. The molecule has 1 aliphatic heterocycles. The van der Waals surface area contributed by atoms with Crippen molar-refractivity contribution in [3.05, 3.63) is 54.1 Å². The van der Waals surface area contributed by atoms with Crippen LogP contribution in [0.1, 0.15) is 19.4 Å². The Bertz CT molecular complexity index is 731. The summed E-state index contributed by atoms with van der Waals surface area (Å²) in [4.78, 5) is 12.3. The molecule has 1 heterocycles. The van der Waals surface area contributed by atoms with Crippen LogP contribution in [0.3, 0.4) is 0 Å². The summed E-state index contributed by atoms with van der Waals surface area (Å²) in [6.45, 7) is 4.59. The van der Waals surface area contributed by atoms with E-state index in [1.807, 2.05) is 48.5 Å². The highest BCUT2D eigenvalue weighted by Crippen LogP contribution is 2.30. The molecule has 5 heteroatoms. The van der Waals surface area contributed by atoms with E-state index in [2.05, 4.69) is 12.2 Å². The number of fused-ring (bicyclic) bond motifs is 1. The van der Waals surface area contributed by atoms with Crippen LogP contribution in [0.15, 0.2) is 48.5 Å². The summed E-state index contributed by atoms with van der Waals surface area (Å²) in [6.07, 6.45) is 0.0652. The van der Waals surface area contributed by atoms with Gasteiger partial charge in [0.2, 0.25) is 0 Å². The van der Waals surface area contributed by atoms with Gasteiger partial charge in [-0.2, -0.15) is 0 Å². The molecule has 0 saturated carbocycles. The Morgan fingerprint density at radius 3 is 2.72 bits per heavy atom. The maximum atomic E-state index is 12.3. The van der Waals surface area contributed by atoms with Crippen LogP contribution < -0.4 is 19.5 Å². The zero-order valence-corrected chi connectivity index (χ0v) is 14.5. The number of hydrogen-bond acceptors (Lipinski definition) is 4. The average Bonchev–Trinajstić information content (AvgIpc) is 2.66. The fourth-order valence-electron chi connectivity index (χ4n) is 2.68. The van der Waals surface area contributed by atoms with Gasteiger partial charge in [0.05, 0.1) is 6.54 Å². The number of carbonyl (C=O) groups excluding carboxylic acids is 1. The molecule has 0 fully saturated rings. The van der Waals surface area contributed by atoms with Crippen LogP contribution in [-0.4, -0.2) is 31.3 Å². The second-order valence-electron chi connectivity index (χ2n) is 5.96. The molecule has 0 aliphatic carbocycles. The summed E-state index contributed by atoms with van der Waals surface area (Å²) >= 11 is 0. The summed E-state index contributed by atoms with van der Waals surface area (Å²) in [5.74, 6) is 2.01. The normalized spacial score (nSPS) is 16.8. The van der Waals surface area contributed by atoms with Gasteiger partial charge in [-0.3, -0.25) is 4.79 Å². The van der Waals surface area contributed by atoms with E-state index in [1.165, 1.54) is 0 Å². The highest BCUT2D eigenvalue weighted by molar-refractivity contribution is 5.80. The van der Waals surface area contributed by atoms with E-state index in [4.69, 9.17) is 14.2 Å². The molecule has 0 spiro atoms. The Morgan fingerprint density at radius 2 is 1.92 bits per heavy atom. The Hall–Kier alpha value is -2.69. The number of amides is 1. The quantitative estimate of drug-likeness (QED) is 0.878. The number of aryl methyl sites for hydroxylation is 1. The second-order valence-corrected chi connectivity index (χ2v) is 5.96. The molecule has 3 rings (SSSR count). The lowest BCUT2D eigenvalue weighted by molar-refractivity contribution is -0.127. The molecule has 2 aromatic carbocycles. The van der Waals surface area contributed by atoms with Crippen molar-refractivity contribution in [3.8, 4) is 17.2 Å². The minimum absolute atomic E-state index is 0.173. The molecule has 2 atom stereocenters. The van der Waals surface area contributed by atoms with Crippen molar-refractivity contribution < 1.29 is 19.0 Å². The van der Waals surface area contributed by atoms with Crippen LogP contribution in [0.25, 0.3) is 0 Å². The van der Waals surface area contributed by atoms with Crippen LogP contribution in [0, 0.1) is 0 Å². The van der Waals surface area contributed by atoms with Crippen molar-refractivity contribution in [2.45, 2.75) is 32.5 Å². The van der Waals surface area contributed by atoms with Gasteiger partial charge in [-0.1, -0.05) is 37.3 Å². The molecule has 0 bridgehead atoms. The molecule has 1 N–H and O–H groups in total. The van der Waals surface area contributed by atoms with E-state index in [1.54, 1.807) is 6.92 Å². The van der Waals surface area contributed by atoms with Gasteiger partial charge in [0.25, 0.3) is 5.91 Å². The Morgan fingerprint density at radius 1 is 1.20 bits per heavy atom. The molecule has 0 radical (unpaired) electrons. The van der Waals surface area contributed by atoms with Crippen molar-refractivity contribution in [2.75, 3.05) is 13.2 Å². The molecule has 5 nitrogen and oxygen atoms in total. The Kier molecular flexibility index (Phi) is 5.43. The van der Waals surface area contributed by atoms with Gasteiger partial charge in [-0.25, -0.2) is 0 Å². The molecular formula is C20H23NO4. The van der Waals surface area contributed by atoms with Crippen molar-refractivity contribution in [1.82, 2.24) is 5.32 Å². The summed E-state index contributed by atoms with van der Waals surface area (Å²) < 4.78 is 17.3. The zero-order valence-electron chi connectivity index (χ0n) is 14.5. The van der Waals surface area contributed by atoms with Gasteiger partial charge in [-0.05, 0) is 37.1 Å². The molecule has 0 unspecified atom stereocenters. The number of para-hydroxylation sites is 3. The second kappa shape index (κ2) is 7.92. The first-order valence-corrected chi connectivity index (χ1v) is 8.58. The van der Waals surface area contributed by atoms with E-state index >= 15 is 0 Å². The molecule has 132 valence electrons. The van der Waals surface area contributed by atoms with Gasteiger partial charge in [0.15, 0.2) is 17.6 Å². The standard InChI is InChI=1S/C20H23NO4/c1-3-15-8-4-5-9-17(15)24-14(2)20(22)21-12-16-13-23-18-10-6-7-11-19(18)25-16/h4-11,14,16H,3,12-13H2,1-2H3,(H,21,22)/t14-,16+/m0/s1. The monoisotopic (exact) mass is 341 g/mol. The topological polar surface area (TPSA) is 56.8 Å². The highest BCUT2D eigenvalue weighted by Gasteiger charge is 2.23. The average molecular weight is 341 g/mol. The van der Waals surface area contributed by atoms with Crippen molar-refractivity contribution in [2.24, 2.45) is 0 Å². The summed E-state index contributed by atoms with van der Waals surface area (Å²) in [5, 5.41) is 2.87. The van der Waals surface area contributed by atoms with Crippen molar-refractivity contribution in [1.29, 1.82) is 0 Å². The number of ether oxygens (including phenoxy) is 3. The van der Waals surface area contributed by atoms with Gasteiger partial charge in [-0.15, -0.1) is 0 Å². The number of hydrogen-bond donors (Lipinski definition) is 1. The van der Waals surface area contributed by atoms with Crippen LogP contribution in [0.2, 0.25) is 0 Å². The van der Waals surface area contributed by atoms with E-state index in [9.17, 15) is 4.79 Å². The van der Waals surface area contributed by atoms with Crippen LogP contribution in [-0.2, 0) is 11.2 Å². The molecule has 0 aromatic heterocycles. The summed E-state index contributed by atoms with van der Waals surface area (Å²) in [7, 11) is 0. The van der Waals surface area contributed by atoms with E-state index in [-0.39, 0.29) is 12.0 Å². The maximum Gasteiger partial charge on any atom is 0.260 e. The van der Waals surface area contributed by atoms with E-state index < -0.39 is 6.10 Å². The number of rotatable bonds is 6. The van der Waals surface area contributed by atoms with Gasteiger partial charge >= 0.3 is 0 Å². The first-order valence-electron chi connectivity index (χ1n) is 8.58. The van der Waals surface area contributed by atoms with Crippen LogP contribution in [0.5, 0.6) is 17.2 Å². The minimum atomic E-state index is -0.579. The lowest BCUT2D eigenvalue weighted by atomic mass is 10.1. The lowest BCUT2D eigenvalue weighted by Crippen LogP contribution is -2.44. The number of benzene rings is 2. The van der Waals surface area contributed by atoms with Gasteiger partial charge < -0.3 is 19.5 Å². The number of nitrogens with one attached hydrogen (secondary N) is 1. The Labute approximate surface area is 147 Å². The van der Waals surface area contributed by atoms with E-state index in [0.717, 1.165) is 23.5 Å². The third-order valence-electron chi connectivity index (χ3n) is 4.10. The summed E-state index contributed by atoms with van der Waals surface area (Å²) in [5.41, 5.74) is 1.09. The molecule has 1 aliphatic rings. The first kappa shape index (κ1) is 17.1. The largest absolute Gasteiger partial charge is 0.486 e. The predicted octanol–water partition coefficient (Wildman–Crippen LogP) is 2.97. The van der Waals surface area contributed by atoms with Crippen LogP contribution >= 0.6 is 0 Å². The fourth-order valence-corrected chi connectivity index (χ4v) is 2.68. The van der Waals surface area contributed by atoms with Crippen molar-refractivity contribution >= 4 is 5.91 Å². The van der Waals surface area contributed by atoms with Crippen LogP contribution in [0.4, 0.5) is 0 Å². The predicted molar refractivity (Wildman–Crippen MR) is 95.3 cm³/mol. The van der Waals surface area contributed by atoms with E-state index in [0.29, 0.717) is 18.9 Å². The lowest BCUT2D eigenvalue weighted by Gasteiger charge is -2.27. The maximum absolute atomic E-state index is 12.3. The summed E-state index contributed by atoms with van der Waals surface area (Å²) in [6, 6.07) is 15.3. The fraction of sp³-hybridized carbons (Fsp3) is 0.350. The first-order chi connectivity index (χ1) is 12.2. The number of carbonyl (C=O) groups is 1. The van der Waals surface area contributed by atoms with Gasteiger partial charge in [0, 0.05) is 0 Å². The third kappa shape index (κ3) is 4.24. The molecule has 2 aromatic rings. The minimum Gasteiger partial charge on any atom is -0.486 e. The molecule has 0 saturated heterocycles. The molecular weight excluding hydrogens is 318 g/mol. The van der Waals surface area contributed by atoms with Gasteiger partial charge in [0.1, 0.15) is 18.5 Å². The SMILES string of the molecule is CCc1ccccc1O[C@@H](C)C(=O)NC[C@@H]1COc2ccccc2O1.